The predicted molar refractivity (Wildman–Crippen MR) is 135 cm³/mol. The molecule has 0 aliphatic carbocycles. The number of nitrogens with one attached hydrogen (secondary N) is 1. The highest BCUT2D eigenvalue weighted by molar-refractivity contribution is 7.92. The molecular formula is C25H34N2O6S2. The summed E-state index contributed by atoms with van der Waals surface area (Å²) in [5.41, 5.74) is 3.20. The molecule has 0 radical (unpaired) electrons. The molecule has 3 rings (SSSR count). The first-order valence-electron chi connectivity index (χ1n) is 11.6. The van der Waals surface area contributed by atoms with Crippen LogP contribution < -0.4 is 9.46 Å². The number of ether oxygens (including phenoxy) is 1. The SMILES string of the molecule is COc1ccc(S(=O)(=O)C2CCN(C(=O)CCNS(=O)(=O)c3c(C)c(C)cc(C)c3C)CC2)cc1. The third-order valence-electron chi connectivity index (χ3n) is 6.82. The third kappa shape index (κ3) is 5.87. The molecule has 0 spiro atoms. The zero-order valence-corrected chi connectivity index (χ0v) is 22.6. The lowest BCUT2D eigenvalue weighted by Gasteiger charge is -2.32. The van der Waals surface area contributed by atoms with Crippen molar-refractivity contribution in [3.63, 3.8) is 0 Å². The second-order valence-corrected chi connectivity index (χ2v) is 13.0. The fourth-order valence-corrected chi connectivity index (χ4v) is 7.85. The third-order valence-corrected chi connectivity index (χ3v) is 10.8. The second-order valence-electron chi connectivity index (χ2n) is 9.04. The molecule has 192 valence electrons. The molecule has 35 heavy (non-hydrogen) atoms. The van der Waals surface area contributed by atoms with Crippen LogP contribution in [0, 0.1) is 27.7 Å². The van der Waals surface area contributed by atoms with Crippen molar-refractivity contribution in [3.8, 4) is 5.75 Å². The van der Waals surface area contributed by atoms with Gasteiger partial charge in [0.25, 0.3) is 0 Å². The van der Waals surface area contributed by atoms with Crippen molar-refractivity contribution in [2.45, 2.75) is 62.0 Å². The molecule has 10 heteroatoms. The summed E-state index contributed by atoms with van der Waals surface area (Å²) >= 11 is 0. The summed E-state index contributed by atoms with van der Waals surface area (Å²) in [5.74, 6) is 0.393. The first-order valence-corrected chi connectivity index (χ1v) is 14.6. The van der Waals surface area contributed by atoms with E-state index >= 15 is 0 Å². The number of amides is 1. The Balaban J connectivity index is 1.56. The number of methoxy groups -OCH3 is 1. The van der Waals surface area contributed by atoms with Gasteiger partial charge in [0.2, 0.25) is 15.9 Å². The number of hydrogen-bond donors (Lipinski definition) is 1. The Labute approximate surface area is 208 Å². The van der Waals surface area contributed by atoms with E-state index in [1.54, 1.807) is 30.9 Å². The molecule has 1 amide bonds. The van der Waals surface area contributed by atoms with Crippen molar-refractivity contribution in [3.05, 3.63) is 52.6 Å². The van der Waals surface area contributed by atoms with Crippen LogP contribution in [-0.2, 0) is 24.7 Å². The normalized spacial score (nSPS) is 15.3. The van der Waals surface area contributed by atoms with Crippen molar-refractivity contribution >= 4 is 25.8 Å². The minimum atomic E-state index is -3.77. The molecule has 1 heterocycles. The van der Waals surface area contributed by atoms with Crippen molar-refractivity contribution in [1.29, 1.82) is 0 Å². The molecule has 0 bridgehead atoms. The molecule has 1 saturated heterocycles. The Hall–Kier alpha value is -2.43. The Morgan fingerprint density at radius 1 is 0.971 bits per heavy atom. The van der Waals surface area contributed by atoms with E-state index in [0.717, 1.165) is 11.1 Å². The van der Waals surface area contributed by atoms with Crippen LogP contribution in [0.2, 0.25) is 0 Å². The van der Waals surface area contributed by atoms with Crippen LogP contribution in [0.3, 0.4) is 0 Å². The van der Waals surface area contributed by atoms with Gasteiger partial charge in [0.15, 0.2) is 9.84 Å². The Morgan fingerprint density at radius 2 is 1.51 bits per heavy atom. The van der Waals surface area contributed by atoms with Crippen molar-refractivity contribution in [2.24, 2.45) is 0 Å². The van der Waals surface area contributed by atoms with E-state index < -0.39 is 25.1 Å². The Morgan fingerprint density at radius 3 is 2.03 bits per heavy atom. The fourth-order valence-electron chi connectivity index (χ4n) is 4.48. The number of likely N-dealkylation sites (tertiary alicyclic amines) is 1. The second kappa shape index (κ2) is 10.7. The van der Waals surface area contributed by atoms with Crippen molar-refractivity contribution in [1.82, 2.24) is 9.62 Å². The van der Waals surface area contributed by atoms with Crippen LogP contribution in [-0.4, -0.2) is 59.6 Å². The van der Waals surface area contributed by atoms with E-state index in [1.165, 1.54) is 19.2 Å². The molecule has 1 aliphatic heterocycles. The van der Waals surface area contributed by atoms with E-state index in [0.29, 0.717) is 42.8 Å². The van der Waals surface area contributed by atoms with Gasteiger partial charge in [-0.05, 0) is 87.1 Å². The topological polar surface area (TPSA) is 110 Å². The Kier molecular flexibility index (Phi) is 8.28. The van der Waals surface area contributed by atoms with Crippen molar-refractivity contribution < 1.29 is 26.4 Å². The summed E-state index contributed by atoms with van der Waals surface area (Å²) in [4.78, 5) is 14.8. The van der Waals surface area contributed by atoms with E-state index in [-0.39, 0.29) is 28.7 Å². The first kappa shape index (κ1) is 27.2. The average molecular weight is 523 g/mol. The number of aryl methyl sites for hydroxylation is 2. The summed E-state index contributed by atoms with van der Waals surface area (Å²) in [6.45, 7) is 7.95. The number of rotatable bonds is 8. The number of carbonyl (C=O) groups excluding carboxylic acids is 1. The number of sulfone groups is 1. The highest BCUT2D eigenvalue weighted by atomic mass is 32.2. The summed E-state index contributed by atoms with van der Waals surface area (Å²) in [6.07, 6.45) is 0.692. The molecule has 1 N–H and O–H groups in total. The molecule has 1 aliphatic rings. The van der Waals surface area contributed by atoms with Crippen molar-refractivity contribution in [2.75, 3.05) is 26.7 Å². The monoisotopic (exact) mass is 522 g/mol. The fraction of sp³-hybridized carbons (Fsp3) is 0.480. The molecule has 0 aromatic heterocycles. The number of nitrogens with zero attached hydrogens (tertiary/aromatic N) is 1. The molecule has 1 fully saturated rings. The molecular weight excluding hydrogens is 488 g/mol. The molecule has 2 aromatic carbocycles. The van der Waals surface area contributed by atoms with E-state index in [9.17, 15) is 21.6 Å². The van der Waals surface area contributed by atoms with E-state index in [1.807, 2.05) is 19.9 Å². The first-order chi connectivity index (χ1) is 16.4. The van der Waals surface area contributed by atoms with Gasteiger partial charge < -0.3 is 9.64 Å². The summed E-state index contributed by atoms with van der Waals surface area (Å²) < 4.78 is 59.5. The lowest BCUT2D eigenvalue weighted by molar-refractivity contribution is -0.131. The standard InChI is InChI=1S/C25H34N2O6S2/c1-17-16-18(2)20(4)25(19(17)3)35(31,32)26-13-10-24(28)27-14-11-23(12-15-27)34(29,30)22-8-6-21(33-5)7-9-22/h6-9,16,23,26H,10-15H2,1-5H3. The van der Waals surface area contributed by atoms with Crippen LogP contribution in [0.25, 0.3) is 0 Å². The Bertz CT molecular complexity index is 1270. The van der Waals surface area contributed by atoms with Gasteiger partial charge >= 0.3 is 0 Å². The summed E-state index contributed by atoms with van der Waals surface area (Å²) in [6, 6.07) is 8.28. The van der Waals surface area contributed by atoms with Crippen LogP contribution >= 0.6 is 0 Å². The number of carbonyl (C=O) groups is 1. The largest absolute Gasteiger partial charge is 0.497 e. The highest BCUT2D eigenvalue weighted by Gasteiger charge is 2.32. The number of piperidine rings is 1. The van der Waals surface area contributed by atoms with Gasteiger partial charge in [-0.25, -0.2) is 21.6 Å². The summed E-state index contributed by atoms with van der Waals surface area (Å²) in [5, 5.41) is -0.561. The predicted octanol–water partition coefficient (Wildman–Crippen LogP) is 3.06. The van der Waals surface area contributed by atoms with Gasteiger partial charge in [-0.3, -0.25) is 4.79 Å². The number of benzene rings is 2. The van der Waals surface area contributed by atoms with Gasteiger partial charge in [0.05, 0.1) is 22.2 Å². The average Bonchev–Trinajstić information content (AvgIpc) is 2.82. The van der Waals surface area contributed by atoms with Gasteiger partial charge in [0.1, 0.15) is 5.75 Å². The number of hydrogen-bond acceptors (Lipinski definition) is 6. The van der Waals surface area contributed by atoms with Crippen LogP contribution in [0.1, 0.15) is 41.5 Å². The zero-order chi connectivity index (χ0) is 26.0. The number of sulfonamides is 1. The smallest absolute Gasteiger partial charge is 0.241 e. The minimum Gasteiger partial charge on any atom is -0.497 e. The van der Waals surface area contributed by atoms with Gasteiger partial charge in [-0.15, -0.1) is 0 Å². The molecule has 2 aromatic rings. The maximum absolute atomic E-state index is 13.0. The maximum atomic E-state index is 13.0. The highest BCUT2D eigenvalue weighted by Crippen LogP contribution is 2.27. The molecule has 0 saturated carbocycles. The van der Waals surface area contributed by atoms with Crippen LogP contribution in [0.15, 0.2) is 40.1 Å². The quantitative estimate of drug-likeness (QED) is 0.571. The molecule has 8 nitrogen and oxygen atoms in total. The van der Waals surface area contributed by atoms with E-state index in [4.69, 9.17) is 4.74 Å². The van der Waals surface area contributed by atoms with Crippen LogP contribution in [0.4, 0.5) is 0 Å². The lowest BCUT2D eigenvalue weighted by Crippen LogP contribution is -2.43. The summed E-state index contributed by atoms with van der Waals surface area (Å²) in [7, 11) is -5.75. The van der Waals surface area contributed by atoms with E-state index in [2.05, 4.69) is 4.72 Å². The maximum Gasteiger partial charge on any atom is 0.241 e. The lowest BCUT2D eigenvalue weighted by atomic mass is 10.0. The van der Waals surface area contributed by atoms with Gasteiger partial charge in [-0.2, -0.15) is 0 Å². The molecule has 0 unspecified atom stereocenters. The molecule has 0 atom stereocenters. The van der Waals surface area contributed by atoms with Gasteiger partial charge in [0, 0.05) is 26.1 Å². The zero-order valence-electron chi connectivity index (χ0n) is 20.9. The van der Waals surface area contributed by atoms with Crippen LogP contribution in [0.5, 0.6) is 5.75 Å². The van der Waals surface area contributed by atoms with Gasteiger partial charge in [-0.1, -0.05) is 6.07 Å². The minimum absolute atomic E-state index is 0.0119.